The molecule has 1 N–H and O–H groups in total. The number of likely N-dealkylation sites (tertiary alicyclic amines) is 1. The molecule has 2 atom stereocenters. The van der Waals surface area contributed by atoms with E-state index < -0.39 is 11.9 Å². The van der Waals surface area contributed by atoms with E-state index in [9.17, 15) is 4.79 Å². The van der Waals surface area contributed by atoms with Gasteiger partial charge in [-0.2, -0.15) is 5.26 Å². The summed E-state index contributed by atoms with van der Waals surface area (Å²) in [6.07, 6.45) is 6.76. The van der Waals surface area contributed by atoms with Crippen molar-refractivity contribution < 1.29 is 18.8 Å². The number of hydrogen-bond donors (Lipinski definition) is 1. The minimum Gasteiger partial charge on any atom is -0.465 e. The average Bonchev–Trinajstić information content (AvgIpc) is 3.10. The Morgan fingerprint density at radius 1 is 1.52 bits per heavy atom. The van der Waals surface area contributed by atoms with Crippen LogP contribution in [0.5, 0.6) is 0 Å². The molecule has 0 radical (unpaired) electrons. The fourth-order valence-corrected chi connectivity index (χ4v) is 2.91. The lowest BCUT2D eigenvalue weighted by atomic mass is 10.1. The zero-order valence-corrected chi connectivity index (χ0v) is 13.5. The molecule has 0 unspecified atom stereocenters. The maximum Gasteiger partial charge on any atom is 0.328 e. The highest BCUT2D eigenvalue weighted by atomic mass is 16.5. The number of esters is 1. The van der Waals surface area contributed by atoms with Crippen molar-refractivity contribution in [3.05, 3.63) is 24.2 Å². The van der Waals surface area contributed by atoms with Gasteiger partial charge < -0.3 is 14.1 Å². The average molecular weight is 318 g/mol. The quantitative estimate of drug-likeness (QED) is 0.604. The van der Waals surface area contributed by atoms with Crippen LogP contribution >= 0.6 is 0 Å². The molecular weight excluding hydrogens is 294 g/mol. The van der Waals surface area contributed by atoms with Crippen LogP contribution in [0.1, 0.15) is 38.0 Å². The summed E-state index contributed by atoms with van der Waals surface area (Å²) in [7, 11) is 0. The number of ether oxygens (including phenoxy) is 1. The molecule has 2 heterocycles. The summed E-state index contributed by atoms with van der Waals surface area (Å²) in [4.78, 5) is 17.4. The summed E-state index contributed by atoms with van der Waals surface area (Å²) in [5.74, 6) is -0.578. The predicted octanol–water partition coefficient (Wildman–Crippen LogP) is 1.16. The van der Waals surface area contributed by atoms with Gasteiger partial charge in [-0.05, 0) is 38.3 Å². The number of piperidine rings is 1. The smallest absolute Gasteiger partial charge is 0.328 e. The van der Waals surface area contributed by atoms with E-state index >= 15 is 0 Å². The maximum atomic E-state index is 11.6. The second-order valence-electron chi connectivity index (χ2n) is 5.66. The number of rotatable bonds is 7. The highest BCUT2D eigenvalue weighted by Gasteiger charge is 2.28. The Bertz CT molecular complexity index is 542. The molecule has 1 saturated heterocycles. The highest BCUT2D eigenvalue weighted by molar-refractivity contribution is 5.92. The van der Waals surface area contributed by atoms with Gasteiger partial charge in [0.1, 0.15) is 0 Å². The number of quaternary nitrogens is 1. The van der Waals surface area contributed by atoms with E-state index in [-0.39, 0.29) is 12.6 Å². The molecule has 1 aromatic heterocycles. The zero-order chi connectivity index (χ0) is 16.5. The van der Waals surface area contributed by atoms with Crippen LogP contribution in [0.15, 0.2) is 27.8 Å². The lowest BCUT2D eigenvalue weighted by Gasteiger charge is -2.29. The molecule has 0 aliphatic carbocycles. The molecular formula is C17H24N3O3+. The largest absolute Gasteiger partial charge is 0.465 e. The molecule has 2 rings (SSSR count). The molecule has 6 nitrogen and oxygen atoms in total. The van der Waals surface area contributed by atoms with Crippen LogP contribution in [-0.2, 0) is 9.53 Å². The first-order chi connectivity index (χ1) is 11.3. The lowest BCUT2D eigenvalue weighted by Crippen LogP contribution is -3.13. The number of carbonyl (C=O) groups excluding carboxylic acids is 1. The number of aliphatic imine (C=N–C) groups is 1. The normalized spacial score (nSPS) is 18.4. The van der Waals surface area contributed by atoms with E-state index in [1.54, 1.807) is 13.2 Å². The fourth-order valence-electron chi connectivity index (χ4n) is 2.91. The summed E-state index contributed by atoms with van der Waals surface area (Å²) in [6.45, 7) is 4.68. The number of furan rings is 1. The molecule has 124 valence electrons. The Hall–Kier alpha value is -2.13. The molecule has 1 fully saturated rings. The summed E-state index contributed by atoms with van der Waals surface area (Å²) >= 11 is 0. The monoisotopic (exact) mass is 318 g/mol. The van der Waals surface area contributed by atoms with Gasteiger partial charge in [0.25, 0.3) is 0 Å². The number of nitrogens with zero attached hydrogens (tertiary/aromatic N) is 2. The van der Waals surface area contributed by atoms with E-state index in [1.165, 1.54) is 30.4 Å². The fraction of sp³-hybridized carbons (Fsp3) is 0.588. The topological polar surface area (TPSA) is 80.0 Å². The Morgan fingerprint density at radius 3 is 2.91 bits per heavy atom. The van der Waals surface area contributed by atoms with Crippen molar-refractivity contribution >= 4 is 12.2 Å². The van der Waals surface area contributed by atoms with E-state index in [0.29, 0.717) is 6.54 Å². The van der Waals surface area contributed by atoms with Gasteiger partial charge >= 0.3 is 5.97 Å². The number of carbonyl (C=O) groups is 1. The number of nitriles is 1. The third-order valence-corrected chi connectivity index (χ3v) is 4.10. The molecule has 0 saturated carbocycles. The summed E-state index contributed by atoms with van der Waals surface area (Å²) in [6, 6.07) is 5.90. The van der Waals surface area contributed by atoms with Crippen molar-refractivity contribution in [2.45, 2.75) is 32.2 Å². The van der Waals surface area contributed by atoms with E-state index in [1.807, 2.05) is 18.2 Å². The maximum absolute atomic E-state index is 11.6. The lowest BCUT2D eigenvalue weighted by molar-refractivity contribution is -0.935. The molecule has 0 amide bonds. The van der Waals surface area contributed by atoms with Gasteiger partial charge in [0.15, 0.2) is 17.7 Å². The third-order valence-electron chi connectivity index (χ3n) is 4.10. The molecule has 0 aromatic carbocycles. The van der Waals surface area contributed by atoms with E-state index in [0.717, 1.165) is 18.8 Å². The standard InChI is InChI=1S/C17H23N3O3/c1-2-22-17(21)14(11-18)12-19-13-15(16-7-6-10-23-16)20-8-4-3-5-9-20/h6-7,10,12,14-15H,2-5,8-9,13H2,1H3/p+1/t14-,15-/m0/s1. The van der Waals surface area contributed by atoms with Crippen molar-refractivity contribution in [1.82, 2.24) is 0 Å². The van der Waals surface area contributed by atoms with Crippen molar-refractivity contribution in [2.75, 3.05) is 26.2 Å². The van der Waals surface area contributed by atoms with Crippen LogP contribution in [0.4, 0.5) is 0 Å². The van der Waals surface area contributed by atoms with Crippen LogP contribution in [0.25, 0.3) is 0 Å². The summed E-state index contributed by atoms with van der Waals surface area (Å²) < 4.78 is 10.4. The number of hydrogen-bond acceptors (Lipinski definition) is 5. The van der Waals surface area contributed by atoms with Gasteiger partial charge in [-0.3, -0.25) is 9.79 Å². The number of nitrogens with one attached hydrogen (secondary N) is 1. The first-order valence-electron chi connectivity index (χ1n) is 8.20. The Balaban J connectivity index is 2.01. The highest BCUT2D eigenvalue weighted by Crippen LogP contribution is 2.12. The van der Waals surface area contributed by atoms with E-state index in [4.69, 9.17) is 14.4 Å². The van der Waals surface area contributed by atoms with Gasteiger partial charge in [-0.15, -0.1) is 0 Å². The second-order valence-corrected chi connectivity index (χ2v) is 5.66. The zero-order valence-electron chi connectivity index (χ0n) is 13.5. The predicted molar refractivity (Wildman–Crippen MR) is 85.1 cm³/mol. The third kappa shape index (κ3) is 4.93. The molecule has 0 spiro atoms. The molecule has 23 heavy (non-hydrogen) atoms. The van der Waals surface area contributed by atoms with Crippen LogP contribution in [0, 0.1) is 17.2 Å². The SMILES string of the molecule is CCOC(=O)[C@@H](C#N)C=NC[C@@H](c1ccco1)[NH+]1CCCCC1. The Morgan fingerprint density at radius 2 is 2.30 bits per heavy atom. The minimum atomic E-state index is -0.941. The first-order valence-corrected chi connectivity index (χ1v) is 8.20. The summed E-state index contributed by atoms with van der Waals surface area (Å²) in [5, 5.41) is 9.06. The van der Waals surface area contributed by atoms with Crippen molar-refractivity contribution in [3.63, 3.8) is 0 Å². The van der Waals surface area contributed by atoms with Gasteiger partial charge in [-0.1, -0.05) is 0 Å². The molecule has 6 heteroatoms. The van der Waals surface area contributed by atoms with E-state index in [2.05, 4.69) is 4.99 Å². The van der Waals surface area contributed by atoms with Gasteiger partial charge in [0.2, 0.25) is 0 Å². The van der Waals surface area contributed by atoms with Crippen LogP contribution in [-0.4, -0.2) is 38.4 Å². The second kappa shape index (κ2) is 9.11. The molecule has 1 aliphatic heterocycles. The molecule has 0 bridgehead atoms. The van der Waals surface area contributed by atoms with Crippen molar-refractivity contribution in [2.24, 2.45) is 10.9 Å². The Kier molecular flexibility index (Phi) is 6.82. The van der Waals surface area contributed by atoms with Crippen LogP contribution in [0.2, 0.25) is 0 Å². The van der Waals surface area contributed by atoms with Gasteiger partial charge in [0, 0.05) is 6.21 Å². The Labute approximate surface area is 136 Å². The molecule has 1 aromatic rings. The van der Waals surface area contributed by atoms with Crippen LogP contribution < -0.4 is 4.90 Å². The van der Waals surface area contributed by atoms with Gasteiger partial charge in [-0.25, -0.2) is 0 Å². The first kappa shape index (κ1) is 17.2. The van der Waals surface area contributed by atoms with Crippen LogP contribution in [0.3, 0.4) is 0 Å². The molecule has 1 aliphatic rings. The minimum absolute atomic E-state index is 0.128. The van der Waals surface area contributed by atoms with Crippen molar-refractivity contribution in [3.8, 4) is 6.07 Å². The van der Waals surface area contributed by atoms with Gasteiger partial charge in [0.05, 0.1) is 38.6 Å². The summed E-state index contributed by atoms with van der Waals surface area (Å²) in [5.41, 5.74) is 0. The van der Waals surface area contributed by atoms with Crippen molar-refractivity contribution in [1.29, 1.82) is 5.26 Å².